The standard InChI is InChI=1S/C23H18N4O3S/c1-15-10-12-16(13-11-15)31(29,30)25-20-14-22(23(28)18-7-3-2-6-17(18)20)27-21-9-5-4-8-19(21)24-26-27/h2-14,25,28H,1H3. The topological polar surface area (TPSA) is 97.1 Å². The molecule has 0 atom stereocenters. The number of phenols is 1. The number of hydrogen-bond donors (Lipinski definition) is 2. The van der Waals surface area contributed by atoms with Crippen LogP contribution >= 0.6 is 0 Å². The number of aromatic hydroxyl groups is 1. The van der Waals surface area contributed by atoms with Gasteiger partial charge in [-0.2, -0.15) is 0 Å². The second-order valence-electron chi connectivity index (χ2n) is 7.25. The van der Waals surface area contributed by atoms with E-state index >= 15 is 0 Å². The van der Waals surface area contributed by atoms with Gasteiger partial charge in [0.1, 0.15) is 17.0 Å². The van der Waals surface area contributed by atoms with Crippen molar-refractivity contribution in [3.05, 3.63) is 84.4 Å². The van der Waals surface area contributed by atoms with Crippen LogP contribution in [0.15, 0.2) is 83.8 Å². The Morgan fingerprint density at radius 3 is 2.35 bits per heavy atom. The molecule has 4 aromatic carbocycles. The SMILES string of the molecule is Cc1ccc(S(=O)(=O)Nc2cc(-n3nnc4ccccc43)c(O)c3ccccc23)cc1. The highest BCUT2D eigenvalue weighted by Gasteiger charge is 2.20. The van der Waals surface area contributed by atoms with Crippen LogP contribution in [-0.4, -0.2) is 28.5 Å². The molecule has 0 unspecified atom stereocenters. The molecule has 0 aliphatic heterocycles. The van der Waals surface area contributed by atoms with Crippen LogP contribution in [0.3, 0.4) is 0 Å². The molecule has 154 valence electrons. The van der Waals surface area contributed by atoms with Gasteiger partial charge in [0.05, 0.1) is 16.1 Å². The zero-order valence-corrected chi connectivity index (χ0v) is 17.3. The van der Waals surface area contributed by atoms with Crippen molar-refractivity contribution in [1.82, 2.24) is 15.0 Å². The molecule has 0 saturated carbocycles. The van der Waals surface area contributed by atoms with E-state index in [4.69, 9.17) is 0 Å². The molecule has 0 radical (unpaired) electrons. The van der Waals surface area contributed by atoms with Crippen molar-refractivity contribution >= 4 is 37.5 Å². The van der Waals surface area contributed by atoms with Gasteiger partial charge in [-0.15, -0.1) is 5.10 Å². The lowest BCUT2D eigenvalue weighted by atomic mass is 10.1. The normalized spacial score (nSPS) is 11.8. The van der Waals surface area contributed by atoms with Crippen LogP contribution in [0.5, 0.6) is 5.75 Å². The van der Waals surface area contributed by atoms with E-state index in [0.717, 1.165) is 5.56 Å². The number of sulfonamides is 1. The minimum absolute atomic E-state index is 0.00969. The zero-order chi connectivity index (χ0) is 21.6. The van der Waals surface area contributed by atoms with Gasteiger partial charge in [-0.1, -0.05) is 59.3 Å². The Balaban J connectivity index is 1.71. The third kappa shape index (κ3) is 3.27. The quantitative estimate of drug-likeness (QED) is 0.412. The molecule has 5 aromatic rings. The number of para-hydroxylation sites is 1. The average Bonchev–Trinajstić information content (AvgIpc) is 3.20. The highest BCUT2D eigenvalue weighted by Crippen LogP contribution is 2.38. The minimum atomic E-state index is -3.84. The maximum Gasteiger partial charge on any atom is 0.261 e. The monoisotopic (exact) mass is 430 g/mol. The van der Waals surface area contributed by atoms with Gasteiger partial charge in [0.25, 0.3) is 10.0 Å². The molecule has 0 aliphatic rings. The Kier molecular flexibility index (Phi) is 4.37. The van der Waals surface area contributed by atoms with E-state index in [-0.39, 0.29) is 10.6 Å². The molecule has 0 bridgehead atoms. The van der Waals surface area contributed by atoms with Crippen molar-refractivity contribution in [3.8, 4) is 11.4 Å². The van der Waals surface area contributed by atoms with Gasteiger partial charge in [-0.05, 0) is 37.3 Å². The molecule has 0 amide bonds. The van der Waals surface area contributed by atoms with E-state index < -0.39 is 10.0 Å². The number of hydrogen-bond acceptors (Lipinski definition) is 5. The van der Waals surface area contributed by atoms with Gasteiger partial charge in [0, 0.05) is 10.8 Å². The molecule has 0 aliphatic carbocycles. The number of aromatic nitrogens is 3. The van der Waals surface area contributed by atoms with Crippen LogP contribution in [0, 0.1) is 6.92 Å². The fourth-order valence-corrected chi connectivity index (χ4v) is 4.63. The van der Waals surface area contributed by atoms with Gasteiger partial charge in [0.15, 0.2) is 0 Å². The van der Waals surface area contributed by atoms with E-state index in [0.29, 0.717) is 33.2 Å². The summed E-state index contributed by atoms with van der Waals surface area (Å²) < 4.78 is 30.3. The number of anilines is 1. The van der Waals surface area contributed by atoms with Crippen LogP contribution in [0.4, 0.5) is 5.69 Å². The number of benzene rings is 4. The van der Waals surface area contributed by atoms with Crippen molar-refractivity contribution < 1.29 is 13.5 Å². The van der Waals surface area contributed by atoms with Crippen LogP contribution < -0.4 is 4.72 Å². The van der Waals surface area contributed by atoms with Gasteiger partial charge in [0.2, 0.25) is 0 Å². The summed E-state index contributed by atoms with van der Waals surface area (Å²) in [5.74, 6) is -0.00969. The first-order chi connectivity index (χ1) is 14.9. The molecular weight excluding hydrogens is 412 g/mol. The lowest BCUT2D eigenvalue weighted by Gasteiger charge is -2.15. The maximum atomic E-state index is 13.0. The minimum Gasteiger partial charge on any atom is -0.505 e. The highest BCUT2D eigenvalue weighted by atomic mass is 32.2. The summed E-state index contributed by atoms with van der Waals surface area (Å²) in [5, 5.41) is 20.4. The highest BCUT2D eigenvalue weighted by molar-refractivity contribution is 7.92. The second-order valence-corrected chi connectivity index (χ2v) is 8.93. The molecule has 7 nitrogen and oxygen atoms in total. The number of phenolic OH excluding ortho intramolecular Hbond substituents is 1. The summed E-state index contributed by atoms with van der Waals surface area (Å²) in [4.78, 5) is 0.156. The lowest BCUT2D eigenvalue weighted by molar-refractivity contribution is 0.477. The Hall–Kier alpha value is -3.91. The van der Waals surface area contributed by atoms with Crippen molar-refractivity contribution in [1.29, 1.82) is 0 Å². The molecule has 31 heavy (non-hydrogen) atoms. The molecular formula is C23H18N4O3S. The average molecular weight is 430 g/mol. The number of fused-ring (bicyclic) bond motifs is 2. The number of aryl methyl sites for hydroxylation is 1. The van der Waals surface area contributed by atoms with Gasteiger partial charge in [-0.25, -0.2) is 13.1 Å². The summed E-state index contributed by atoms with van der Waals surface area (Å²) in [7, 11) is -3.84. The summed E-state index contributed by atoms with van der Waals surface area (Å²) in [6.45, 7) is 1.89. The van der Waals surface area contributed by atoms with Gasteiger partial charge in [-0.3, -0.25) is 4.72 Å². The molecule has 1 aromatic heterocycles. The molecule has 0 spiro atoms. The Labute approximate surface area is 178 Å². The molecule has 0 fully saturated rings. The Morgan fingerprint density at radius 2 is 1.58 bits per heavy atom. The fourth-order valence-electron chi connectivity index (χ4n) is 3.56. The van der Waals surface area contributed by atoms with Crippen molar-refractivity contribution in [2.24, 2.45) is 0 Å². The smallest absolute Gasteiger partial charge is 0.261 e. The Bertz CT molecular complexity index is 1540. The summed E-state index contributed by atoms with van der Waals surface area (Å²) >= 11 is 0. The van der Waals surface area contributed by atoms with E-state index in [9.17, 15) is 13.5 Å². The van der Waals surface area contributed by atoms with Gasteiger partial charge >= 0.3 is 0 Å². The first kappa shape index (κ1) is 19.1. The molecule has 2 N–H and O–H groups in total. The molecule has 1 heterocycles. The van der Waals surface area contributed by atoms with E-state index in [2.05, 4.69) is 15.0 Å². The lowest BCUT2D eigenvalue weighted by Crippen LogP contribution is -2.13. The zero-order valence-electron chi connectivity index (χ0n) is 16.5. The van der Waals surface area contributed by atoms with Crippen LogP contribution in [0.1, 0.15) is 5.56 Å². The molecule has 0 saturated heterocycles. The van der Waals surface area contributed by atoms with Crippen LogP contribution in [0.25, 0.3) is 27.5 Å². The van der Waals surface area contributed by atoms with Crippen molar-refractivity contribution in [3.63, 3.8) is 0 Å². The Morgan fingerprint density at radius 1 is 0.903 bits per heavy atom. The van der Waals surface area contributed by atoms with Crippen LogP contribution in [-0.2, 0) is 10.0 Å². The number of rotatable bonds is 4. The third-order valence-electron chi connectivity index (χ3n) is 5.15. The van der Waals surface area contributed by atoms with Crippen molar-refractivity contribution in [2.45, 2.75) is 11.8 Å². The summed E-state index contributed by atoms with van der Waals surface area (Å²) in [5.41, 5.74) is 2.99. The van der Waals surface area contributed by atoms with Gasteiger partial charge < -0.3 is 5.11 Å². The summed E-state index contributed by atoms with van der Waals surface area (Å²) in [6, 6.07) is 22.6. The summed E-state index contributed by atoms with van der Waals surface area (Å²) in [6.07, 6.45) is 0. The van der Waals surface area contributed by atoms with E-state index in [1.54, 1.807) is 54.6 Å². The third-order valence-corrected chi connectivity index (χ3v) is 6.53. The van der Waals surface area contributed by atoms with Crippen LogP contribution in [0.2, 0.25) is 0 Å². The predicted molar refractivity (Wildman–Crippen MR) is 120 cm³/mol. The number of nitrogens with one attached hydrogen (secondary N) is 1. The van der Waals surface area contributed by atoms with E-state index in [1.807, 2.05) is 31.2 Å². The maximum absolute atomic E-state index is 13.0. The molecule has 8 heteroatoms. The van der Waals surface area contributed by atoms with Crippen molar-refractivity contribution in [2.75, 3.05) is 4.72 Å². The number of nitrogens with zero attached hydrogens (tertiary/aromatic N) is 3. The molecule has 5 rings (SSSR count). The van der Waals surface area contributed by atoms with E-state index in [1.165, 1.54) is 4.68 Å². The second kappa shape index (κ2) is 7.10. The largest absolute Gasteiger partial charge is 0.505 e. The first-order valence-electron chi connectivity index (χ1n) is 9.59. The first-order valence-corrected chi connectivity index (χ1v) is 11.1. The fraction of sp³-hybridized carbons (Fsp3) is 0.0435. The predicted octanol–water partition coefficient (Wildman–Crippen LogP) is 4.39.